The summed E-state index contributed by atoms with van der Waals surface area (Å²) in [6.45, 7) is -2.83. The van der Waals surface area contributed by atoms with Crippen LogP contribution in [0.4, 0.5) is 0 Å². The summed E-state index contributed by atoms with van der Waals surface area (Å²) >= 11 is 3.07. The molecule has 0 saturated heterocycles. The summed E-state index contributed by atoms with van der Waals surface area (Å²) in [7, 11) is -1.78. The molecule has 64 valence electrons. The maximum atomic E-state index is 9.01. The summed E-state index contributed by atoms with van der Waals surface area (Å²) in [6.07, 6.45) is -2.56. The highest BCUT2D eigenvalue weighted by Gasteiger charge is 2.11. The average Bonchev–Trinajstić information content (AvgIpc) is 2.14. The summed E-state index contributed by atoms with van der Waals surface area (Å²) in [5.41, 5.74) is -0.0996. The van der Waals surface area contributed by atoms with Crippen LogP contribution in [0, 0.1) is 0 Å². The Hall–Kier alpha value is -0.315. The van der Waals surface area contributed by atoms with E-state index in [2.05, 4.69) is 15.9 Å². The van der Waals surface area contributed by atoms with Crippen LogP contribution in [-0.4, -0.2) is 17.2 Å². The van der Waals surface area contributed by atoms with Gasteiger partial charge in [0, 0.05) is 11.3 Å². The van der Waals surface area contributed by atoms with Crippen LogP contribution in [0.15, 0.2) is 22.7 Å². The topological polar surface area (TPSA) is 40.5 Å². The molecule has 0 aliphatic carbocycles. The third-order valence-electron chi connectivity index (χ3n) is 1.36. The Bertz CT molecular complexity index is 421. The van der Waals surface area contributed by atoms with E-state index in [0.717, 1.165) is 6.07 Å². The molecule has 0 bridgehead atoms. The smallest absolute Gasteiger partial charge is 0.423 e. The van der Waals surface area contributed by atoms with Crippen LogP contribution >= 0.6 is 15.9 Å². The quantitative estimate of drug-likeness (QED) is 0.739. The molecule has 2 nitrogen and oxygen atoms in total. The lowest BCUT2D eigenvalue weighted by atomic mass is 9.79. The minimum Gasteiger partial charge on any atom is -0.423 e. The maximum Gasteiger partial charge on any atom is 0.488 e. The first-order valence-corrected chi connectivity index (χ1v) is 4.02. The molecule has 0 aliphatic rings. The standard InChI is InChI=1S/C8H10BBrO2/c1-2-6-3-7(9(11)12)5-8(10)4-6/h3-5,11-12H,2H2,1H3/i1D3,2D2. The molecule has 2 N–H and O–H groups in total. The lowest BCUT2D eigenvalue weighted by molar-refractivity contribution is 0.425. The van der Waals surface area contributed by atoms with Gasteiger partial charge in [-0.15, -0.1) is 0 Å². The van der Waals surface area contributed by atoms with Gasteiger partial charge < -0.3 is 10.0 Å². The minimum atomic E-state index is -2.83. The van der Waals surface area contributed by atoms with Gasteiger partial charge in [0.15, 0.2) is 0 Å². The van der Waals surface area contributed by atoms with Crippen molar-refractivity contribution in [3.8, 4) is 0 Å². The van der Waals surface area contributed by atoms with Crippen LogP contribution in [0.2, 0.25) is 0 Å². The molecule has 0 spiro atoms. The molecular weight excluding hydrogens is 219 g/mol. The van der Waals surface area contributed by atoms with Crippen molar-refractivity contribution in [2.45, 2.75) is 13.2 Å². The molecule has 0 amide bonds. The lowest BCUT2D eigenvalue weighted by Gasteiger charge is -2.03. The van der Waals surface area contributed by atoms with E-state index in [1.807, 2.05) is 0 Å². The van der Waals surface area contributed by atoms with E-state index >= 15 is 0 Å². The largest absolute Gasteiger partial charge is 0.488 e. The Balaban J connectivity index is 3.32. The molecule has 1 rings (SSSR count). The maximum absolute atomic E-state index is 9.01. The third-order valence-corrected chi connectivity index (χ3v) is 1.82. The molecule has 0 atom stereocenters. The van der Waals surface area contributed by atoms with Crippen LogP contribution < -0.4 is 5.46 Å². The van der Waals surface area contributed by atoms with E-state index in [4.69, 9.17) is 16.9 Å². The van der Waals surface area contributed by atoms with Crippen molar-refractivity contribution >= 4 is 28.5 Å². The number of hydrogen-bond donors (Lipinski definition) is 2. The molecule has 0 saturated carbocycles. The second-order valence-electron chi connectivity index (χ2n) is 2.27. The van der Waals surface area contributed by atoms with E-state index in [-0.39, 0.29) is 11.0 Å². The molecule has 0 aliphatic heterocycles. The fraction of sp³-hybridized carbons (Fsp3) is 0.250. The van der Waals surface area contributed by atoms with Crippen molar-refractivity contribution in [3.05, 3.63) is 28.2 Å². The highest BCUT2D eigenvalue weighted by molar-refractivity contribution is 9.10. The Kier molecular flexibility index (Phi) is 1.63. The van der Waals surface area contributed by atoms with E-state index in [1.54, 1.807) is 0 Å². The van der Waals surface area contributed by atoms with E-state index in [0.29, 0.717) is 4.47 Å². The number of aryl methyl sites for hydroxylation is 1. The van der Waals surface area contributed by atoms with Gasteiger partial charge in [0.25, 0.3) is 0 Å². The van der Waals surface area contributed by atoms with Gasteiger partial charge in [0.05, 0.1) is 0 Å². The predicted molar refractivity (Wildman–Crippen MR) is 53.3 cm³/mol. The summed E-state index contributed by atoms with van der Waals surface area (Å²) in [5.74, 6) is 0. The Morgan fingerprint density at radius 1 is 1.58 bits per heavy atom. The second kappa shape index (κ2) is 4.07. The number of rotatable bonds is 2. The fourth-order valence-corrected chi connectivity index (χ4v) is 1.34. The van der Waals surface area contributed by atoms with Crippen molar-refractivity contribution in [3.63, 3.8) is 0 Å². The van der Waals surface area contributed by atoms with Crippen LogP contribution in [-0.2, 0) is 6.37 Å². The molecule has 0 heterocycles. The van der Waals surface area contributed by atoms with Crippen molar-refractivity contribution in [1.82, 2.24) is 0 Å². The predicted octanol–water partition coefficient (Wildman–Crippen LogP) is 0.691. The van der Waals surface area contributed by atoms with Gasteiger partial charge >= 0.3 is 7.12 Å². The molecule has 0 unspecified atom stereocenters. The highest BCUT2D eigenvalue weighted by Crippen LogP contribution is 2.10. The van der Waals surface area contributed by atoms with Crippen LogP contribution in [0.1, 0.15) is 19.3 Å². The lowest BCUT2D eigenvalue weighted by Crippen LogP contribution is -2.30. The zero-order valence-electron chi connectivity index (χ0n) is 11.1. The van der Waals surface area contributed by atoms with Crippen molar-refractivity contribution in [2.24, 2.45) is 0 Å². The fourth-order valence-electron chi connectivity index (χ4n) is 0.834. The van der Waals surface area contributed by atoms with Gasteiger partial charge in [0.2, 0.25) is 0 Å². The zero-order valence-corrected chi connectivity index (χ0v) is 7.67. The molecule has 4 heteroatoms. The van der Waals surface area contributed by atoms with Crippen LogP contribution in [0.5, 0.6) is 0 Å². The van der Waals surface area contributed by atoms with Gasteiger partial charge in [-0.05, 0) is 29.5 Å². The van der Waals surface area contributed by atoms with Crippen LogP contribution in [0.3, 0.4) is 0 Å². The minimum absolute atomic E-state index is 0.0301. The van der Waals surface area contributed by atoms with Gasteiger partial charge in [0.1, 0.15) is 0 Å². The van der Waals surface area contributed by atoms with Gasteiger partial charge in [-0.1, -0.05) is 28.8 Å². The first-order valence-electron chi connectivity index (χ1n) is 5.73. The normalized spacial score (nSPS) is 18.4. The van der Waals surface area contributed by atoms with Gasteiger partial charge in [-0.25, -0.2) is 0 Å². The molecule has 0 radical (unpaired) electrons. The monoisotopic (exact) mass is 233 g/mol. The van der Waals surface area contributed by atoms with Crippen molar-refractivity contribution < 1.29 is 16.9 Å². The first-order chi connectivity index (χ1) is 7.55. The Morgan fingerprint density at radius 3 is 2.92 bits per heavy atom. The van der Waals surface area contributed by atoms with Crippen molar-refractivity contribution in [1.29, 1.82) is 0 Å². The number of halogens is 1. The average molecular weight is 234 g/mol. The SMILES string of the molecule is [2H]C([2H])([2H])C([2H])([2H])c1cc(Br)cc(B(O)O)c1. The Labute approximate surface area is 87.5 Å². The Morgan fingerprint density at radius 2 is 2.33 bits per heavy atom. The second-order valence-corrected chi connectivity index (χ2v) is 3.19. The first kappa shape index (κ1) is 4.79. The molecular formula is C8H10BBrO2. The summed E-state index contributed by atoms with van der Waals surface area (Å²) < 4.78 is 36.9. The molecule has 1 aromatic carbocycles. The summed E-state index contributed by atoms with van der Waals surface area (Å²) in [6, 6.07) is 3.81. The zero-order chi connectivity index (χ0) is 13.4. The molecule has 0 aromatic heterocycles. The van der Waals surface area contributed by atoms with Gasteiger partial charge in [-0.3, -0.25) is 0 Å². The summed E-state index contributed by atoms with van der Waals surface area (Å²) in [5, 5.41) is 18.0. The van der Waals surface area contributed by atoms with Gasteiger partial charge in [-0.2, -0.15) is 0 Å². The van der Waals surface area contributed by atoms with E-state index < -0.39 is 20.3 Å². The highest BCUT2D eigenvalue weighted by atomic mass is 79.9. The van der Waals surface area contributed by atoms with Crippen LogP contribution in [0.25, 0.3) is 0 Å². The third kappa shape index (κ3) is 2.34. The number of benzene rings is 1. The van der Waals surface area contributed by atoms with Crippen molar-refractivity contribution in [2.75, 3.05) is 0 Å². The summed E-state index contributed by atoms with van der Waals surface area (Å²) in [4.78, 5) is 0. The van der Waals surface area contributed by atoms with E-state index in [9.17, 15) is 0 Å². The van der Waals surface area contributed by atoms with E-state index in [1.165, 1.54) is 12.1 Å². The molecule has 1 aromatic rings. The number of hydrogen-bond acceptors (Lipinski definition) is 2. The molecule has 0 fully saturated rings. The molecule has 12 heavy (non-hydrogen) atoms.